The first-order valence-corrected chi connectivity index (χ1v) is 3.46. The van der Waals surface area contributed by atoms with Gasteiger partial charge in [0.15, 0.2) is 0 Å². The minimum Gasteiger partial charge on any atom is -0.519 e. The van der Waals surface area contributed by atoms with E-state index in [-0.39, 0.29) is 32.7 Å². The van der Waals surface area contributed by atoms with E-state index in [4.69, 9.17) is 4.74 Å². The van der Waals surface area contributed by atoms with Crippen LogP contribution < -0.4 is 4.74 Å². The molecule has 0 amide bonds. The fraction of sp³-hybridized carbons (Fsp3) is 0.222. The van der Waals surface area contributed by atoms with E-state index < -0.39 is 0 Å². The van der Waals surface area contributed by atoms with E-state index in [1.54, 1.807) is 18.2 Å². The van der Waals surface area contributed by atoms with Crippen molar-refractivity contribution in [1.82, 2.24) is 0 Å². The van der Waals surface area contributed by atoms with Crippen LogP contribution in [0.15, 0.2) is 18.2 Å². The zero-order valence-corrected chi connectivity index (χ0v) is 9.75. The summed E-state index contributed by atoms with van der Waals surface area (Å²) in [6.07, 6.45) is 0.765. The number of hydrogen-bond acceptors (Lipinski definition) is 2. The van der Waals surface area contributed by atoms with E-state index in [2.05, 4.69) is 6.07 Å². The molecule has 0 N–H and O–H groups in total. The molecule has 0 bridgehead atoms. The molecule has 1 rings (SSSR count). The van der Waals surface area contributed by atoms with Crippen LogP contribution in [0, 0.1) is 6.07 Å². The fourth-order valence-electron chi connectivity index (χ4n) is 0.808. The Balaban J connectivity index is 0.00000121. The van der Waals surface area contributed by atoms with Crippen molar-refractivity contribution in [2.45, 2.75) is 6.92 Å². The summed E-state index contributed by atoms with van der Waals surface area (Å²) in [6, 6.07) is 7.86. The van der Waals surface area contributed by atoms with Gasteiger partial charge in [0.1, 0.15) is 0 Å². The maximum absolute atomic E-state index is 10.4. The van der Waals surface area contributed by atoms with Crippen molar-refractivity contribution in [3.8, 4) is 5.75 Å². The molecule has 0 spiro atoms. The third kappa shape index (κ3) is 3.04. The summed E-state index contributed by atoms with van der Waals surface area (Å²) < 4.78 is 5.18. The van der Waals surface area contributed by atoms with Gasteiger partial charge in [0.2, 0.25) is 0 Å². The quantitative estimate of drug-likeness (QED) is 0.591. The molecule has 1 aromatic rings. The summed E-state index contributed by atoms with van der Waals surface area (Å²) in [5, 5.41) is 0. The van der Waals surface area contributed by atoms with Crippen LogP contribution in [0.1, 0.15) is 17.3 Å². The van der Waals surface area contributed by atoms with Crippen LogP contribution in [-0.4, -0.2) is 12.9 Å². The number of hydrogen-bond donors (Lipinski definition) is 0. The number of aldehydes is 1. The van der Waals surface area contributed by atoms with Crippen molar-refractivity contribution in [2.24, 2.45) is 0 Å². The van der Waals surface area contributed by atoms with Gasteiger partial charge in [-0.3, -0.25) is 0 Å². The third-order valence-electron chi connectivity index (χ3n) is 1.28. The number of ether oxygens (including phenoxy) is 1. The van der Waals surface area contributed by atoms with Gasteiger partial charge in [-0.05, 0) is 6.92 Å². The molecule has 0 aliphatic rings. The third-order valence-corrected chi connectivity index (χ3v) is 1.28. The number of carbonyl (C=O) groups is 1. The molecule has 0 atom stereocenters. The second kappa shape index (κ2) is 6.33. The van der Waals surface area contributed by atoms with Crippen molar-refractivity contribution < 1.29 is 42.2 Å². The molecule has 1 aromatic carbocycles. The van der Waals surface area contributed by atoms with Crippen molar-refractivity contribution in [3.63, 3.8) is 0 Å². The molecular formula is C9H9O2Y-. The first kappa shape index (κ1) is 11.8. The number of rotatable bonds is 3. The van der Waals surface area contributed by atoms with Gasteiger partial charge < -0.3 is 9.53 Å². The largest absolute Gasteiger partial charge is 0.519 e. The molecule has 1 radical (unpaired) electrons. The smallest absolute Gasteiger partial charge is 0.0985 e. The Hall–Kier alpha value is -0.206. The van der Waals surface area contributed by atoms with Gasteiger partial charge in [0.05, 0.1) is 12.9 Å². The van der Waals surface area contributed by atoms with E-state index in [0.717, 1.165) is 6.29 Å². The minimum atomic E-state index is 0. The normalized spacial score (nSPS) is 8.42. The Labute approximate surface area is 97.2 Å². The predicted octanol–water partition coefficient (Wildman–Crippen LogP) is 1.70. The summed E-state index contributed by atoms with van der Waals surface area (Å²) >= 11 is 0. The van der Waals surface area contributed by atoms with Gasteiger partial charge in [-0.1, -0.05) is 5.56 Å². The second-order valence-electron chi connectivity index (χ2n) is 2.01. The van der Waals surface area contributed by atoms with Crippen molar-refractivity contribution >= 4 is 6.29 Å². The molecule has 0 heterocycles. The van der Waals surface area contributed by atoms with E-state index >= 15 is 0 Å². The van der Waals surface area contributed by atoms with Crippen molar-refractivity contribution in [1.29, 1.82) is 0 Å². The zero-order valence-electron chi connectivity index (χ0n) is 6.91. The van der Waals surface area contributed by atoms with Gasteiger partial charge in [-0.25, -0.2) is 0 Å². The van der Waals surface area contributed by atoms with Crippen LogP contribution >= 0.6 is 0 Å². The Morgan fingerprint density at radius 1 is 1.67 bits per heavy atom. The minimum absolute atomic E-state index is 0. The Kier molecular flexibility index (Phi) is 6.22. The molecule has 0 aromatic heterocycles. The van der Waals surface area contributed by atoms with E-state index in [9.17, 15) is 4.79 Å². The summed E-state index contributed by atoms with van der Waals surface area (Å²) in [6.45, 7) is 2.45. The molecular weight excluding hydrogens is 229 g/mol. The Bertz CT molecular complexity index is 248. The second-order valence-corrected chi connectivity index (χ2v) is 2.01. The molecule has 2 nitrogen and oxygen atoms in total. The summed E-state index contributed by atoms with van der Waals surface area (Å²) in [5.41, 5.74) is 0.550. The predicted molar refractivity (Wildman–Crippen MR) is 41.8 cm³/mol. The average Bonchev–Trinajstić information content (AvgIpc) is 2.06. The van der Waals surface area contributed by atoms with Crippen LogP contribution in [0.25, 0.3) is 0 Å². The maximum atomic E-state index is 10.4. The van der Waals surface area contributed by atoms with Crippen molar-refractivity contribution in [3.05, 3.63) is 29.8 Å². The summed E-state index contributed by atoms with van der Waals surface area (Å²) in [4.78, 5) is 10.4. The monoisotopic (exact) mass is 238 g/mol. The van der Waals surface area contributed by atoms with Crippen molar-refractivity contribution in [2.75, 3.05) is 6.61 Å². The Morgan fingerprint density at radius 2 is 2.42 bits per heavy atom. The molecule has 0 saturated carbocycles. The SMILES string of the molecule is CCOc1cc[c-]cc1C=O.[Y]. The van der Waals surface area contributed by atoms with E-state index in [1.165, 1.54) is 0 Å². The number of benzene rings is 1. The van der Waals surface area contributed by atoms with Gasteiger partial charge in [0, 0.05) is 38.5 Å². The first-order chi connectivity index (χ1) is 5.38. The van der Waals surface area contributed by atoms with Crippen LogP contribution in [0.3, 0.4) is 0 Å². The van der Waals surface area contributed by atoms with E-state index in [0.29, 0.717) is 17.9 Å². The summed E-state index contributed by atoms with van der Waals surface area (Å²) in [5.74, 6) is 0.626. The van der Waals surface area contributed by atoms with Crippen LogP contribution in [0.5, 0.6) is 5.75 Å². The average molecular weight is 238 g/mol. The summed E-state index contributed by atoms with van der Waals surface area (Å²) in [7, 11) is 0. The molecule has 0 saturated heterocycles. The van der Waals surface area contributed by atoms with Crippen LogP contribution in [0.4, 0.5) is 0 Å². The molecule has 0 unspecified atom stereocenters. The van der Waals surface area contributed by atoms with Gasteiger partial charge >= 0.3 is 0 Å². The van der Waals surface area contributed by atoms with Crippen LogP contribution in [0.2, 0.25) is 0 Å². The standard InChI is InChI=1S/C9H9O2.Y/c1-2-11-9-6-4-3-5-8(9)7-10;/h4-7H,2H2,1H3;/q-1;. The fourth-order valence-corrected chi connectivity index (χ4v) is 0.808. The molecule has 12 heavy (non-hydrogen) atoms. The molecule has 0 aliphatic heterocycles. The maximum Gasteiger partial charge on any atom is 0.0985 e. The van der Waals surface area contributed by atoms with Gasteiger partial charge in [-0.2, -0.15) is 18.2 Å². The molecule has 0 aliphatic carbocycles. The zero-order chi connectivity index (χ0) is 8.10. The first-order valence-electron chi connectivity index (χ1n) is 3.46. The van der Waals surface area contributed by atoms with Gasteiger partial charge in [-0.15, -0.1) is 6.07 Å². The topological polar surface area (TPSA) is 26.3 Å². The molecule has 3 heteroatoms. The van der Waals surface area contributed by atoms with Gasteiger partial charge in [0.25, 0.3) is 0 Å². The number of carbonyl (C=O) groups excluding carboxylic acids is 1. The van der Waals surface area contributed by atoms with Crippen LogP contribution in [-0.2, 0) is 32.7 Å². The Morgan fingerprint density at radius 3 is 3.00 bits per heavy atom. The molecule has 0 fully saturated rings. The van der Waals surface area contributed by atoms with E-state index in [1.807, 2.05) is 6.92 Å². The molecule has 61 valence electrons.